The Morgan fingerprint density at radius 3 is 2.72 bits per heavy atom. The van der Waals surface area contributed by atoms with E-state index in [4.69, 9.17) is 0 Å². The van der Waals surface area contributed by atoms with E-state index in [1.165, 1.54) is 55.2 Å². The molecule has 2 heterocycles. The van der Waals surface area contributed by atoms with Gasteiger partial charge in [0.25, 0.3) is 0 Å². The van der Waals surface area contributed by atoms with Crippen LogP contribution >= 0.6 is 11.8 Å². The van der Waals surface area contributed by atoms with Crippen LogP contribution in [-0.2, 0) is 17.8 Å². The van der Waals surface area contributed by atoms with Crippen molar-refractivity contribution in [3.8, 4) is 0 Å². The standard InChI is InChI=1S/C22H31N5OS/c1-4-11-27-20(10-14-26-12-6-5-7-13-26)24-25-22(27)29-16-21(28)23-19-9-8-17(2)18(3)15-19/h4,8-9,15H,1,5-7,10-14,16H2,2-3H3,(H,23,28). The van der Waals surface area contributed by atoms with E-state index < -0.39 is 0 Å². The Labute approximate surface area is 177 Å². The van der Waals surface area contributed by atoms with Crippen LogP contribution in [0.5, 0.6) is 0 Å². The predicted octanol–water partition coefficient (Wildman–Crippen LogP) is 3.84. The summed E-state index contributed by atoms with van der Waals surface area (Å²) in [6, 6.07) is 5.95. The van der Waals surface area contributed by atoms with Crippen LogP contribution in [-0.4, -0.2) is 51.0 Å². The molecule has 1 saturated heterocycles. The molecule has 6 nitrogen and oxygen atoms in total. The minimum absolute atomic E-state index is 0.0405. The largest absolute Gasteiger partial charge is 0.325 e. The van der Waals surface area contributed by atoms with Gasteiger partial charge in [0.2, 0.25) is 5.91 Å². The summed E-state index contributed by atoms with van der Waals surface area (Å²) in [6.45, 7) is 12.0. The highest BCUT2D eigenvalue weighted by atomic mass is 32.2. The molecule has 1 aromatic carbocycles. The molecule has 0 bridgehead atoms. The van der Waals surface area contributed by atoms with Gasteiger partial charge in [-0.15, -0.1) is 16.8 Å². The SMILES string of the molecule is C=CCn1c(CCN2CCCCC2)nnc1SCC(=O)Nc1ccc(C)c(C)c1. The highest BCUT2D eigenvalue weighted by Crippen LogP contribution is 2.20. The molecule has 0 radical (unpaired) electrons. The first kappa shape index (κ1) is 21.6. The van der Waals surface area contributed by atoms with Crippen molar-refractivity contribution in [1.29, 1.82) is 0 Å². The fourth-order valence-electron chi connectivity index (χ4n) is 3.51. The summed E-state index contributed by atoms with van der Waals surface area (Å²) in [5, 5.41) is 12.5. The van der Waals surface area contributed by atoms with Crippen LogP contribution in [0.3, 0.4) is 0 Å². The summed E-state index contributed by atoms with van der Waals surface area (Å²) in [4.78, 5) is 14.9. The van der Waals surface area contributed by atoms with Crippen LogP contribution in [0.2, 0.25) is 0 Å². The summed E-state index contributed by atoms with van der Waals surface area (Å²) in [5.74, 6) is 1.22. The van der Waals surface area contributed by atoms with E-state index in [0.717, 1.165) is 29.6 Å². The van der Waals surface area contributed by atoms with Gasteiger partial charge in [0.15, 0.2) is 5.16 Å². The van der Waals surface area contributed by atoms with Crippen LogP contribution in [0.4, 0.5) is 5.69 Å². The zero-order valence-corrected chi connectivity index (χ0v) is 18.3. The van der Waals surface area contributed by atoms with Crippen molar-refractivity contribution in [2.75, 3.05) is 30.7 Å². The van der Waals surface area contributed by atoms with Gasteiger partial charge in [-0.05, 0) is 63.0 Å². The molecule has 0 atom stereocenters. The van der Waals surface area contributed by atoms with E-state index in [1.54, 1.807) is 0 Å². The number of carbonyl (C=O) groups is 1. The number of hydrogen-bond donors (Lipinski definition) is 1. The Balaban J connectivity index is 1.56. The fourth-order valence-corrected chi connectivity index (χ4v) is 4.28. The van der Waals surface area contributed by atoms with Gasteiger partial charge in [-0.3, -0.25) is 4.79 Å². The number of nitrogens with zero attached hydrogens (tertiary/aromatic N) is 4. The van der Waals surface area contributed by atoms with E-state index in [-0.39, 0.29) is 5.91 Å². The maximum Gasteiger partial charge on any atom is 0.234 e. The topological polar surface area (TPSA) is 63.1 Å². The minimum atomic E-state index is -0.0405. The molecule has 1 aliphatic rings. The molecular formula is C22H31N5OS. The van der Waals surface area contributed by atoms with Gasteiger partial charge in [-0.2, -0.15) is 0 Å². The van der Waals surface area contributed by atoms with Crippen LogP contribution in [0.1, 0.15) is 36.2 Å². The number of thioether (sulfide) groups is 1. The molecule has 2 aromatic rings. The number of aromatic nitrogens is 3. The second-order valence-corrected chi connectivity index (χ2v) is 8.53. The lowest BCUT2D eigenvalue weighted by Crippen LogP contribution is -2.32. The van der Waals surface area contributed by atoms with Crippen LogP contribution < -0.4 is 5.32 Å². The number of nitrogens with one attached hydrogen (secondary N) is 1. The molecule has 1 fully saturated rings. The van der Waals surface area contributed by atoms with Gasteiger partial charge >= 0.3 is 0 Å². The number of aryl methyl sites for hydroxylation is 2. The monoisotopic (exact) mass is 413 g/mol. The third kappa shape index (κ3) is 6.18. The molecule has 1 aliphatic heterocycles. The van der Waals surface area contributed by atoms with Crippen LogP contribution in [0.25, 0.3) is 0 Å². The number of hydrogen-bond acceptors (Lipinski definition) is 5. The molecule has 156 valence electrons. The predicted molar refractivity (Wildman–Crippen MR) is 119 cm³/mol. The van der Waals surface area contributed by atoms with E-state index in [1.807, 2.05) is 31.2 Å². The summed E-state index contributed by atoms with van der Waals surface area (Å²) >= 11 is 1.42. The lowest BCUT2D eigenvalue weighted by molar-refractivity contribution is -0.113. The third-order valence-electron chi connectivity index (χ3n) is 5.33. The number of piperidine rings is 1. The number of carbonyl (C=O) groups excluding carboxylic acids is 1. The van der Waals surface area contributed by atoms with Crippen LogP contribution in [0, 0.1) is 13.8 Å². The van der Waals surface area contributed by atoms with E-state index >= 15 is 0 Å². The zero-order chi connectivity index (χ0) is 20.6. The lowest BCUT2D eigenvalue weighted by Gasteiger charge is -2.26. The number of benzene rings is 1. The van der Waals surface area contributed by atoms with E-state index in [2.05, 4.69) is 38.5 Å². The first-order chi connectivity index (χ1) is 14.1. The molecule has 0 saturated carbocycles. The maximum atomic E-state index is 12.4. The Kier molecular flexibility index (Phi) is 7.89. The summed E-state index contributed by atoms with van der Waals surface area (Å²) in [7, 11) is 0. The molecule has 0 unspecified atom stereocenters. The average Bonchev–Trinajstić information content (AvgIpc) is 3.10. The van der Waals surface area contributed by atoms with Gasteiger partial charge in [0, 0.05) is 25.2 Å². The van der Waals surface area contributed by atoms with Gasteiger partial charge in [-0.25, -0.2) is 0 Å². The second kappa shape index (κ2) is 10.6. The van der Waals surface area contributed by atoms with Crippen molar-refractivity contribution in [3.63, 3.8) is 0 Å². The lowest BCUT2D eigenvalue weighted by atomic mass is 10.1. The molecular weight excluding hydrogens is 382 g/mol. The smallest absolute Gasteiger partial charge is 0.234 e. The number of amides is 1. The van der Waals surface area contributed by atoms with Crippen molar-refractivity contribution in [3.05, 3.63) is 47.8 Å². The first-order valence-electron chi connectivity index (χ1n) is 10.3. The fraction of sp³-hybridized carbons (Fsp3) is 0.500. The number of rotatable bonds is 9. The highest BCUT2D eigenvalue weighted by molar-refractivity contribution is 7.99. The summed E-state index contributed by atoms with van der Waals surface area (Å²) in [5.41, 5.74) is 3.21. The molecule has 3 rings (SSSR count). The minimum Gasteiger partial charge on any atom is -0.325 e. The Hall–Kier alpha value is -2.12. The van der Waals surface area contributed by atoms with E-state index in [9.17, 15) is 4.79 Å². The molecule has 0 spiro atoms. The van der Waals surface area contributed by atoms with Crippen LogP contribution in [0.15, 0.2) is 36.0 Å². The summed E-state index contributed by atoms with van der Waals surface area (Å²) in [6.07, 6.45) is 6.64. The highest BCUT2D eigenvalue weighted by Gasteiger charge is 2.16. The van der Waals surface area contributed by atoms with Gasteiger partial charge in [0.1, 0.15) is 5.82 Å². The molecule has 0 aliphatic carbocycles. The average molecular weight is 414 g/mol. The third-order valence-corrected chi connectivity index (χ3v) is 6.30. The first-order valence-corrected chi connectivity index (χ1v) is 11.3. The van der Waals surface area contributed by atoms with Crippen molar-refractivity contribution in [2.45, 2.75) is 51.2 Å². The van der Waals surface area contributed by atoms with Crippen molar-refractivity contribution < 1.29 is 4.79 Å². The van der Waals surface area contributed by atoms with Crippen molar-refractivity contribution in [1.82, 2.24) is 19.7 Å². The number of likely N-dealkylation sites (tertiary alicyclic amines) is 1. The zero-order valence-electron chi connectivity index (χ0n) is 17.5. The molecule has 1 aromatic heterocycles. The van der Waals surface area contributed by atoms with Crippen molar-refractivity contribution >= 4 is 23.4 Å². The Morgan fingerprint density at radius 1 is 1.21 bits per heavy atom. The molecule has 1 amide bonds. The second-order valence-electron chi connectivity index (χ2n) is 7.59. The Bertz CT molecular complexity index is 842. The molecule has 29 heavy (non-hydrogen) atoms. The van der Waals surface area contributed by atoms with Gasteiger partial charge in [-0.1, -0.05) is 30.3 Å². The normalized spacial score (nSPS) is 14.7. The quantitative estimate of drug-likeness (QED) is 0.500. The Morgan fingerprint density at radius 2 is 2.00 bits per heavy atom. The molecule has 7 heteroatoms. The maximum absolute atomic E-state index is 12.4. The number of anilines is 1. The van der Waals surface area contributed by atoms with E-state index in [0.29, 0.717) is 12.3 Å². The summed E-state index contributed by atoms with van der Waals surface area (Å²) < 4.78 is 2.07. The van der Waals surface area contributed by atoms with Gasteiger partial charge in [0.05, 0.1) is 5.75 Å². The van der Waals surface area contributed by atoms with Gasteiger partial charge < -0.3 is 14.8 Å². The molecule has 1 N–H and O–H groups in total. The number of allylic oxidation sites excluding steroid dienone is 1. The van der Waals surface area contributed by atoms with Crippen molar-refractivity contribution in [2.24, 2.45) is 0 Å².